The summed E-state index contributed by atoms with van der Waals surface area (Å²) < 4.78 is 16.1. The number of fused-ring (bicyclic) bond motifs is 1. The fourth-order valence-corrected chi connectivity index (χ4v) is 4.08. The van der Waals surface area contributed by atoms with Gasteiger partial charge in [0.2, 0.25) is 11.9 Å². The Balaban J connectivity index is 1.62. The van der Waals surface area contributed by atoms with Crippen molar-refractivity contribution in [3.8, 4) is 11.5 Å². The molecule has 1 amide bonds. The van der Waals surface area contributed by atoms with E-state index in [0.29, 0.717) is 39.6 Å². The molecule has 0 fully saturated rings. The Bertz CT molecular complexity index is 811. The predicted molar refractivity (Wildman–Crippen MR) is 97.0 cm³/mol. The maximum atomic E-state index is 12.3. The molecule has 8 nitrogen and oxygen atoms in total. The average Bonchev–Trinajstić information content (AvgIpc) is 3.28. The van der Waals surface area contributed by atoms with E-state index in [-0.39, 0.29) is 23.9 Å². The van der Waals surface area contributed by atoms with Crippen LogP contribution in [0, 0.1) is 0 Å². The van der Waals surface area contributed by atoms with Crippen LogP contribution < -0.4 is 14.8 Å². The Morgan fingerprint density at radius 2 is 2.12 bits per heavy atom. The smallest absolute Gasteiger partial charge is 0.319 e. The van der Waals surface area contributed by atoms with Crippen LogP contribution in [0.5, 0.6) is 11.5 Å². The second-order valence-electron chi connectivity index (χ2n) is 5.16. The summed E-state index contributed by atoms with van der Waals surface area (Å²) in [7, 11) is 0. The number of ether oxygens (including phenoxy) is 3. The van der Waals surface area contributed by atoms with E-state index < -0.39 is 0 Å². The van der Waals surface area contributed by atoms with Crippen molar-refractivity contribution in [2.45, 2.75) is 29.9 Å². The number of esters is 1. The van der Waals surface area contributed by atoms with Gasteiger partial charge < -0.3 is 14.2 Å². The highest BCUT2D eigenvalue weighted by Crippen LogP contribution is 2.33. The Morgan fingerprint density at radius 3 is 2.88 bits per heavy atom. The number of amides is 1. The molecule has 1 aromatic carbocycles. The van der Waals surface area contributed by atoms with Crippen LogP contribution in [-0.4, -0.2) is 40.7 Å². The predicted octanol–water partition coefficient (Wildman–Crippen LogP) is 2.95. The van der Waals surface area contributed by atoms with Crippen LogP contribution in [0.2, 0.25) is 0 Å². The van der Waals surface area contributed by atoms with E-state index in [1.165, 1.54) is 23.1 Å². The first kappa shape index (κ1) is 18.5. The lowest BCUT2D eigenvalue weighted by molar-refractivity contribution is -0.142. The molecule has 0 aliphatic carbocycles. The number of hydrogen-bond donors (Lipinski definition) is 1. The molecule has 2 heterocycles. The number of benzene rings is 1. The summed E-state index contributed by atoms with van der Waals surface area (Å²) in [6.45, 7) is 4.15. The fourth-order valence-electron chi connectivity index (χ4n) is 2.17. The monoisotopic (exact) mass is 395 g/mol. The van der Waals surface area contributed by atoms with E-state index in [4.69, 9.17) is 14.2 Å². The lowest BCUT2D eigenvalue weighted by Gasteiger charge is -2.10. The summed E-state index contributed by atoms with van der Waals surface area (Å²) in [6, 6.07) is 4.94. The highest BCUT2D eigenvalue weighted by atomic mass is 32.2. The summed E-state index contributed by atoms with van der Waals surface area (Å²) >= 11 is 2.48. The molecule has 26 heavy (non-hydrogen) atoms. The van der Waals surface area contributed by atoms with Gasteiger partial charge in [-0.2, -0.15) is 0 Å². The van der Waals surface area contributed by atoms with Crippen LogP contribution >= 0.6 is 23.1 Å². The molecule has 10 heteroatoms. The lowest BCUT2D eigenvalue weighted by Crippen LogP contribution is -2.19. The molecule has 1 unspecified atom stereocenters. The molecule has 2 aromatic rings. The van der Waals surface area contributed by atoms with Crippen LogP contribution in [0.4, 0.5) is 5.13 Å². The van der Waals surface area contributed by atoms with Crippen molar-refractivity contribution in [3.05, 3.63) is 23.8 Å². The molecular formula is C16H17N3O5S2. The first-order valence-electron chi connectivity index (χ1n) is 7.98. The minimum absolute atomic E-state index is 0.149. The average molecular weight is 395 g/mol. The standard InChI is InChI=1S/C16H17N3O5S2/c1-3-12(14(21)22-4-2)25-16-19-18-15(26-16)17-13(20)9-5-6-10-11(7-9)24-8-23-10/h5-7,12H,3-4,8H2,1-2H3,(H,17,18,20). The molecule has 1 N–H and O–H groups in total. The third-order valence-electron chi connectivity index (χ3n) is 3.43. The molecule has 1 aromatic heterocycles. The number of thioether (sulfide) groups is 1. The topological polar surface area (TPSA) is 99.6 Å². The number of rotatable bonds is 7. The van der Waals surface area contributed by atoms with Gasteiger partial charge in [-0.3, -0.25) is 14.9 Å². The molecule has 3 rings (SSSR count). The van der Waals surface area contributed by atoms with Crippen LogP contribution in [0.3, 0.4) is 0 Å². The molecule has 0 bridgehead atoms. The Morgan fingerprint density at radius 1 is 1.31 bits per heavy atom. The number of nitrogens with one attached hydrogen (secondary N) is 1. The zero-order valence-corrected chi connectivity index (χ0v) is 15.8. The third kappa shape index (κ3) is 4.25. The van der Waals surface area contributed by atoms with Gasteiger partial charge >= 0.3 is 5.97 Å². The van der Waals surface area contributed by atoms with Crippen molar-refractivity contribution in [2.24, 2.45) is 0 Å². The molecule has 0 radical (unpaired) electrons. The lowest BCUT2D eigenvalue weighted by atomic mass is 10.2. The number of anilines is 1. The van der Waals surface area contributed by atoms with Gasteiger partial charge in [-0.05, 0) is 31.5 Å². The maximum absolute atomic E-state index is 12.3. The van der Waals surface area contributed by atoms with Crippen LogP contribution in [-0.2, 0) is 9.53 Å². The zero-order valence-electron chi connectivity index (χ0n) is 14.2. The Kier molecular flexibility index (Phi) is 5.94. The van der Waals surface area contributed by atoms with Crippen molar-refractivity contribution >= 4 is 40.1 Å². The molecular weight excluding hydrogens is 378 g/mol. The van der Waals surface area contributed by atoms with Crippen LogP contribution in [0.1, 0.15) is 30.6 Å². The minimum Gasteiger partial charge on any atom is -0.465 e. The number of aromatic nitrogens is 2. The van der Waals surface area contributed by atoms with Gasteiger partial charge in [-0.15, -0.1) is 10.2 Å². The Labute approximate surface area is 158 Å². The van der Waals surface area contributed by atoms with Crippen molar-refractivity contribution in [2.75, 3.05) is 18.7 Å². The highest BCUT2D eigenvalue weighted by molar-refractivity contribution is 8.02. The van der Waals surface area contributed by atoms with Crippen LogP contribution in [0.15, 0.2) is 22.5 Å². The van der Waals surface area contributed by atoms with Gasteiger partial charge in [0, 0.05) is 5.56 Å². The maximum Gasteiger partial charge on any atom is 0.319 e. The number of carbonyl (C=O) groups is 2. The van der Waals surface area contributed by atoms with Gasteiger partial charge in [-0.25, -0.2) is 0 Å². The fraction of sp³-hybridized carbons (Fsp3) is 0.375. The molecule has 1 aliphatic heterocycles. The summed E-state index contributed by atoms with van der Waals surface area (Å²) in [5.74, 6) is 0.543. The van der Waals surface area contributed by atoms with E-state index in [1.54, 1.807) is 25.1 Å². The summed E-state index contributed by atoms with van der Waals surface area (Å²) in [5.41, 5.74) is 0.427. The van der Waals surface area contributed by atoms with E-state index in [0.717, 1.165) is 0 Å². The summed E-state index contributed by atoms with van der Waals surface area (Å²) in [4.78, 5) is 24.2. The largest absolute Gasteiger partial charge is 0.465 e. The van der Waals surface area contributed by atoms with E-state index in [1.807, 2.05) is 6.92 Å². The first-order valence-corrected chi connectivity index (χ1v) is 9.68. The molecule has 0 saturated carbocycles. The number of carbonyl (C=O) groups excluding carboxylic acids is 2. The summed E-state index contributed by atoms with van der Waals surface area (Å²) in [6.07, 6.45) is 0.613. The zero-order chi connectivity index (χ0) is 18.5. The second kappa shape index (κ2) is 8.37. The van der Waals surface area contributed by atoms with Gasteiger partial charge in [0.15, 0.2) is 15.8 Å². The van der Waals surface area contributed by atoms with Crippen LogP contribution in [0.25, 0.3) is 0 Å². The Hall–Kier alpha value is -2.33. The van der Waals surface area contributed by atoms with Crippen molar-refractivity contribution in [1.82, 2.24) is 10.2 Å². The SMILES string of the molecule is CCOC(=O)C(CC)Sc1nnc(NC(=O)c2ccc3c(c2)OCO3)s1. The van der Waals surface area contributed by atoms with Gasteiger partial charge in [0.25, 0.3) is 5.91 Å². The second-order valence-corrected chi connectivity index (χ2v) is 7.59. The molecule has 1 aliphatic rings. The highest BCUT2D eigenvalue weighted by Gasteiger charge is 2.22. The van der Waals surface area contributed by atoms with E-state index >= 15 is 0 Å². The first-order chi connectivity index (χ1) is 12.6. The normalized spacial score (nSPS) is 13.3. The van der Waals surface area contributed by atoms with Crippen molar-refractivity contribution in [3.63, 3.8) is 0 Å². The van der Waals surface area contributed by atoms with Crippen molar-refractivity contribution < 1.29 is 23.8 Å². The van der Waals surface area contributed by atoms with E-state index in [9.17, 15) is 9.59 Å². The molecule has 1 atom stereocenters. The quantitative estimate of drug-likeness (QED) is 0.434. The van der Waals surface area contributed by atoms with E-state index in [2.05, 4.69) is 15.5 Å². The molecule has 0 spiro atoms. The summed E-state index contributed by atoms with van der Waals surface area (Å²) in [5, 5.41) is 10.7. The third-order valence-corrected chi connectivity index (χ3v) is 5.69. The minimum atomic E-state index is -0.347. The van der Waals surface area contributed by atoms with Gasteiger partial charge in [0.05, 0.1) is 6.61 Å². The number of hydrogen-bond acceptors (Lipinski definition) is 9. The molecule has 138 valence electrons. The van der Waals surface area contributed by atoms with Crippen molar-refractivity contribution in [1.29, 1.82) is 0 Å². The number of nitrogens with zero attached hydrogens (tertiary/aromatic N) is 2. The van der Waals surface area contributed by atoms with Gasteiger partial charge in [0.1, 0.15) is 5.25 Å². The molecule has 0 saturated heterocycles. The van der Waals surface area contributed by atoms with Gasteiger partial charge in [-0.1, -0.05) is 30.0 Å².